The summed E-state index contributed by atoms with van der Waals surface area (Å²) in [7, 11) is 0. The summed E-state index contributed by atoms with van der Waals surface area (Å²) in [5.74, 6) is 0.942. The third-order valence-corrected chi connectivity index (χ3v) is 5.14. The number of hydrogen-bond acceptors (Lipinski definition) is 4. The van der Waals surface area contributed by atoms with Crippen molar-refractivity contribution in [3.63, 3.8) is 0 Å². The Hall–Kier alpha value is -2.50. The molecule has 2 aromatic carbocycles. The van der Waals surface area contributed by atoms with Gasteiger partial charge in [0.1, 0.15) is 12.2 Å². The zero-order chi connectivity index (χ0) is 17.8. The number of aliphatic hydroxyl groups excluding tert-OH is 1. The topological polar surface area (TPSA) is 54.2 Å². The van der Waals surface area contributed by atoms with Crippen LogP contribution >= 0.6 is 0 Å². The van der Waals surface area contributed by atoms with Crippen LogP contribution in [0, 0.1) is 0 Å². The Morgan fingerprint density at radius 1 is 1.04 bits per heavy atom. The highest BCUT2D eigenvalue weighted by Crippen LogP contribution is 2.28. The van der Waals surface area contributed by atoms with Crippen molar-refractivity contribution < 1.29 is 5.11 Å². The predicted octanol–water partition coefficient (Wildman–Crippen LogP) is 3.36. The molecule has 1 aromatic heterocycles. The summed E-state index contributed by atoms with van der Waals surface area (Å²) >= 11 is 0. The molecular weight excluding hydrogens is 324 g/mol. The summed E-state index contributed by atoms with van der Waals surface area (Å²) in [5.41, 5.74) is 2.02. The van der Waals surface area contributed by atoms with Crippen molar-refractivity contribution in [3.05, 3.63) is 78.4 Å². The van der Waals surface area contributed by atoms with Crippen molar-refractivity contribution in [2.75, 3.05) is 6.54 Å². The van der Waals surface area contributed by atoms with E-state index in [0.29, 0.717) is 6.04 Å². The molecule has 4 rings (SSSR count). The molecule has 5 heteroatoms. The minimum Gasteiger partial charge on any atom is -0.388 e. The summed E-state index contributed by atoms with van der Waals surface area (Å²) in [6, 6.07) is 20.4. The number of hydrogen-bond donors (Lipinski definition) is 1. The Labute approximate surface area is 153 Å². The van der Waals surface area contributed by atoms with Crippen molar-refractivity contribution in [2.24, 2.45) is 0 Å². The molecule has 0 unspecified atom stereocenters. The number of para-hydroxylation sites is 1. The van der Waals surface area contributed by atoms with E-state index in [0.717, 1.165) is 49.4 Å². The maximum Gasteiger partial charge on any atom is 0.146 e. The van der Waals surface area contributed by atoms with Gasteiger partial charge in [0, 0.05) is 6.04 Å². The highest BCUT2D eigenvalue weighted by atomic mass is 16.3. The lowest BCUT2D eigenvalue weighted by atomic mass is 10.0. The van der Waals surface area contributed by atoms with Crippen molar-refractivity contribution >= 4 is 0 Å². The van der Waals surface area contributed by atoms with Gasteiger partial charge in [0.25, 0.3) is 0 Å². The van der Waals surface area contributed by atoms with Crippen LogP contribution in [0.4, 0.5) is 0 Å². The molecule has 0 aliphatic carbocycles. The Bertz CT molecular complexity index is 818. The molecule has 26 heavy (non-hydrogen) atoms. The van der Waals surface area contributed by atoms with Gasteiger partial charge in [-0.3, -0.25) is 4.90 Å². The lowest BCUT2D eigenvalue weighted by molar-refractivity contribution is 0.116. The number of aromatic nitrogens is 3. The van der Waals surface area contributed by atoms with E-state index in [1.54, 1.807) is 6.33 Å². The van der Waals surface area contributed by atoms with Gasteiger partial charge >= 0.3 is 0 Å². The highest BCUT2D eigenvalue weighted by molar-refractivity contribution is 5.30. The van der Waals surface area contributed by atoms with Crippen LogP contribution in [0.2, 0.25) is 0 Å². The van der Waals surface area contributed by atoms with Crippen molar-refractivity contribution in [1.82, 2.24) is 19.7 Å². The van der Waals surface area contributed by atoms with Crippen LogP contribution in [0.3, 0.4) is 0 Å². The summed E-state index contributed by atoms with van der Waals surface area (Å²) in [4.78, 5) is 6.90. The lowest BCUT2D eigenvalue weighted by Crippen LogP contribution is -2.31. The van der Waals surface area contributed by atoms with Gasteiger partial charge in [0.2, 0.25) is 0 Å². The van der Waals surface area contributed by atoms with Gasteiger partial charge in [-0.2, -0.15) is 5.10 Å². The Morgan fingerprint density at radius 2 is 1.77 bits per heavy atom. The van der Waals surface area contributed by atoms with Crippen LogP contribution in [-0.4, -0.2) is 37.4 Å². The molecule has 1 fully saturated rings. The van der Waals surface area contributed by atoms with E-state index < -0.39 is 6.10 Å². The van der Waals surface area contributed by atoms with E-state index in [-0.39, 0.29) is 0 Å². The largest absolute Gasteiger partial charge is 0.388 e. The minimum absolute atomic E-state index is 0.367. The van der Waals surface area contributed by atoms with Gasteiger partial charge in [0.05, 0.1) is 18.3 Å². The molecule has 1 aliphatic heterocycles. The van der Waals surface area contributed by atoms with Crippen molar-refractivity contribution in [3.8, 4) is 5.69 Å². The average Bonchev–Trinajstić information content (AvgIpc) is 3.33. The first-order valence-electron chi connectivity index (χ1n) is 9.22. The predicted molar refractivity (Wildman–Crippen MR) is 101 cm³/mol. The van der Waals surface area contributed by atoms with E-state index in [9.17, 15) is 5.11 Å². The number of benzene rings is 2. The molecule has 0 bridgehead atoms. The summed E-state index contributed by atoms with van der Waals surface area (Å²) in [5, 5.41) is 15.0. The van der Waals surface area contributed by atoms with Gasteiger partial charge in [-0.05, 0) is 43.5 Å². The zero-order valence-electron chi connectivity index (χ0n) is 14.8. The first-order chi connectivity index (χ1) is 12.8. The molecule has 1 saturated heterocycles. The van der Waals surface area contributed by atoms with Gasteiger partial charge < -0.3 is 5.11 Å². The normalized spacial score (nSPS) is 18.9. The molecule has 3 aromatic rings. The first-order valence-corrected chi connectivity index (χ1v) is 9.22. The monoisotopic (exact) mass is 348 g/mol. The second-order valence-electron chi connectivity index (χ2n) is 6.85. The smallest absolute Gasteiger partial charge is 0.146 e. The van der Waals surface area contributed by atoms with Gasteiger partial charge in [-0.15, -0.1) is 0 Å². The zero-order valence-corrected chi connectivity index (χ0v) is 14.8. The maximum atomic E-state index is 10.6. The van der Waals surface area contributed by atoms with Crippen molar-refractivity contribution in [1.29, 1.82) is 0 Å². The minimum atomic E-state index is -0.422. The quantitative estimate of drug-likeness (QED) is 0.742. The van der Waals surface area contributed by atoms with E-state index in [2.05, 4.69) is 15.0 Å². The van der Waals surface area contributed by atoms with Crippen LogP contribution in [0.1, 0.15) is 36.8 Å². The van der Waals surface area contributed by atoms with Crippen LogP contribution in [0.15, 0.2) is 67.0 Å². The van der Waals surface area contributed by atoms with Crippen LogP contribution in [-0.2, 0) is 6.54 Å². The number of likely N-dealkylation sites (tertiary alicyclic amines) is 1. The molecule has 0 saturated carbocycles. The molecule has 0 radical (unpaired) electrons. The molecule has 2 atom stereocenters. The van der Waals surface area contributed by atoms with Crippen LogP contribution < -0.4 is 0 Å². The number of nitrogens with zero attached hydrogens (tertiary/aromatic N) is 4. The van der Waals surface area contributed by atoms with Crippen molar-refractivity contribution in [2.45, 2.75) is 38.0 Å². The van der Waals surface area contributed by atoms with E-state index in [1.807, 2.05) is 65.3 Å². The van der Waals surface area contributed by atoms with Crippen LogP contribution in [0.25, 0.3) is 5.69 Å². The molecule has 0 amide bonds. The lowest BCUT2D eigenvalue weighted by Gasteiger charge is -2.26. The Morgan fingerprint density at radius 3 is 2.54 bits per heavy atom. The fourth-order valence-corrected chi connectivity index (χ4v) is 3.78. The number of rotatable bonds is 6. The van der Waals surface area contributed by atoms with Gasteiger partial charge in [-0.1, -0.05) is 48.5 Å². The second-order valence-corrected chi connectivity index (χ2v) is 6.85. The fourth-order valence-electron chi connectivity index (χ4n) is 3.78. The molecule has 1 aliphatic rings. The van der Waals surface area contributed by atoms with Gasteiger partial charge in [0.15, 0.2) is 0 Å². The highest BCUT2D eigenvalue weighted by Gasteiger charge is 2.28. The molecule has 1 N–H and O–H groups in total. The van der Waals surface area contributed by atoms with E-state index in [1.165, 1.54) is 0 Å². The van der Waals surface area contributed by atoms with Gasteiger partial charge in [-0.25, -0.2) is 9.67 Å². The summed E-state index contributed by atoms with van der Waals surface area (Å²) in [6.07, 6.45) is 4.22. The second kappa shape index (κ2) is 7.81. The molecule has 2 heterocycles. The third kappa shape index (κ3) is 3.69. The van der Waals surface area contributed by atoms with E-state index >= 15 is 0 Å². The molecule has 134 valence electrons. The first kappa shape index (κ1) is 16.9. The SMILES string of the molecule is O[C@H](C[C@H]1CCCN1Cc1ncnn1-c1ccccc1)c1ccccc1. The number of aliphatic hydroxyl groups is 1. The standard InChI is InChI=1S/C21H24N4O/c26-20(17-8-3-1-4-9-17)14-19-12-7-13-24(19)15-21-22-16-23-25(21)18-10-5-2-6-11-18/h1-6,8-11,16,19-20,26H,7,12-15H2/t19-,20-/m1/s1. The summed E-state index contributed by atoms with van der Waals surface area (Å²) in [6.45, 7) is 1.79. The molecule has 5 nitrogen and oxygen atoms in total. The summed E-state index contributed by atoms with van der Waals surface area (Å²) < 4.78 is 1.91. The third-order valence-electron chi connectivity index (χ3n) is 5.14. The Balaban J connectivity index is 1.46. The maximum absolute atomic E-state index is 10.6. The van der Waals surface area contributed by atoms with E-state index in [4.69, 9.17) is 0 Å². The average molecular weight is 348 g/mol. The van der Waals surface area contributed by atoms with Crippen LogP contribution in [0.5, 0.6) is 0 Å². The molecular formula is C21H24N4O. The Kier molecular flexibility index (Phi) is 5.09. The fraction of sp³-hybridized carbons (Fsp3) is 0.333. The molecule has 0 spiro atoms.